The molecule has 0 unspecified atom stereocenters. The van der Waals surface area contributed by atoms with E-state index in [9.17, 15) is 9.50 Å². The van der Waals surface area contributed by atoms with Crippen LogP contribution >= 0.6 is 23.1 Å². The number of aliphatic hydroxyl groups is 3. The molecule has 36 heavy (non-hydrogen) atoms. The first-order valence-electron chi connectivity index (χ1n) is 11.7. The molecule has 0 amide bonds. The summed E-state index contributed by atoms with van der Waals surface area (Å²) >= 11 is 3.19. The number of halogens is 1. The van der Waals surface area contributed by atoms with E-state index in [1.54, 1.807) is 23.1 Å². The van der Waals surface area contributed by atoms with Crippen LogP contribution < -0.4 is 18.9 Å². The molecule has 0 radical (unpaired) electrons. The first kappa shape index (κ1) is 26.4. The molecule has 3 aromatic rings. The minimum atomic E-state index is -0.491. The molecule has 192 valence electrons. The Morgan fingerprint density at radius 3 is 2.44 bits per heavy atom. The Kier molecular flexibility index (Phi) is 9.22. The van der Waals surface area contributed by atoms with E-state index in [0.717, 1.165) is 36.4 Å². The highest BCUT2D eigenvalue weighted by molar-refractivity contribution is 8.03. The third kappa shape index (κ3) is 6.01. The molecular formula is C26H30FN2O5S2+. The number of anilines is 1. The zero-order chi connectivity index (χ0) is 25.5. The molecular weight excluding hydrogens is 502 g/mol. The molecule has 0 bridgehead atoms. The summed E-state index contributed by atoms with van der Waals surface area (Å²) in [5, 5.41) is 29.7. The first-order chi connectivity index (χ1) is 17.6. The second-order valence-electron chi connectivity index (χ2n) is 8.03. The second kappa shape index (κ2) is 12.6. The summed E-state index contributed by atoms with van der Waals surface area (Å²) in [5.74, 6) is 1.30. The van der Waals surface area contributed by atoms with Gasteiger partial charge in [0.2, 0.25) is 5.52 Å². The molecule has 10 heteroatoms. The van der Waals surface area contributed by atoms with Crippen LogP contribution in [0.15, 0.2) is 58.0 Å². The van der Waals surface area contributed by atoms with Gasteiger partial charge in [-0.3, -0.25) is 0 Å². The van der Waals surface area contributed by atoms with E-state index in [-0.39, 0.29) is 39.6 Å². The van der Waals surface area contributed by atoms with Crippen molar-refractivity contribution in [1.29, 1.82) is 0 Å². The van der Waals surface area contributed by atoms with Crippen LogP contribution in [-0.2, 0) is 6.54 Å². The fraction of sp³-hybridized carbons (Fsp3) is 0.346. The van der Waals surface area contributed by atoms with Crippen LogP contribution in [0, 0.1) is 0 Å². The van der Waals surface area contributed by atoms with Crippen molar-refractivity contribution in [3.8, 4) is 11.5 Å². The monoisotopic (exact) mass is 532 g/mol. The SMILES string of the molecule is CC(/C=C1\Sc2ccc(OCCO)cc2N1CC[18F])=C\c1sc2ccc(OCCO)cc2[n+]1CCO. The van der Waals surface area contributed by atoms with Gasteiger partial charge in [0.25, 0.3) is 5.01 Å². The number of allylic oxidation sites excluding steroid dienone is 2. The van der Waals surface area contributed by atoms with Crippen molar-refractivity contribution in [2.75, 3.05) is 51.2 Å². The van der Waals surface area contributed by atoms with Gasteiger partial charge in [-0.1, -0.05) is 23.1 Å². The molecule has 3 N–H and O–H groups in total. The molecule has 0 spiro atoms. The van der Waals surface area contributed by atoms with Crippen LogP contribution in [0.2, 0.25) is 0 Å². The summed E-state index contributed by atoms with van der Waals surface area (Å²) in [6, 6.07) is 11.5. The average molecular weight is 533 g/mol. The van der Waals surface area contributed by atoms with Gasteiger partial charge in [0.05, 0.1) is 36.5 Å². The Bertz CT molecular complexity index is 1260. The van der Waals surface area contributed by atoms with E-state index < -0.39 is 6.67 Å². The van der Waals surface area contributed by atoms with Crippen molar-refractivity contribution in [1.82, 2.24) is 0 Å². The molecule has 0 saturated carbocycles. The van der Waals surface area contributed by atoms with E-state index in [1.165, 1.54) is 0 Å². The minimum absolute atomic E-state index is 0.00464. The van der Waals surface area contributed by atoms with Gasteiger partial charge in [0.15, 0.2) is 6.54 Å². The minimum Gasteiger partial charge on any atom is -0.491 e. The Morgan fingerprint density at radius 1 is 1.03 bits per heavy atom. The van der Waals surface area contributed by atoms with Crippen LogP contribution in [0.25, 0.3) is 16.3 Å². The van der Waals surface area contributed by atoms with E-state index in [1.807, 2.05) is 54.3 Å². The fourth-order valence-corrected chi connectivity index (χ4v) is 6.32. The van der Waals surface area contributed by atoms with E-state index >= 15 is 0 Å². The molecule has 0 aliphatic carbocycles. The molecule has 1 aliphatic heterocycles. The van der Waals surface area contributed by atoms with Crippen molar-refractivity contribution >= 4 is 45.1 Å². The number of fused-ring (bicyclic) bond motifs is 2. The molecule has 7 nitrogen and oxygen atoms in total. The van der Waals surface area contributed by atoms with Gasteiger partial charge in [-0.05, 0) is 42.8 Å². The van der Waals surface area contributed by atoms with Gasteiger partial charge < -0.3 is 29.7 Å². The third-order valence-corrected chi connectivity index (χ3v) is 7.68. The highest BCUT2D eigenvalue weighted by atomic mass is 32.2. The van der Waals surface area contributed by atoms with Crippen LogP contribution in [0.3, 0.4) is 0 Å². The second-order valence-corrected chi connectivity index (χ2v) is 10.2. The summed E-state index contributed by atoms with van der Waals surface area (Å²) in [4.78, 5) is 2.96. The maximum atomic E-state index is 13.5. The lowest BCUT2D eigenvalue weighted by Crippen LogP contribution is -2.36. The van der Waals surface area contributed by atoms with Crippen molar-refractivity contribution < 1.29 is 33.8 Å². The van der Waals surface area contributed by atoms with Gasteiger partial charge in [-0.15, -0.1) is 0 Å². The highest BCUT2D eigenvalue weighted by Gasteiger charge is 2.26. The number of thiazole rings is 1. The number of rotatable bonds is 12. The van der Waals surface area contributed by atoms with Gasteiger partial charge in [-0.25, -0.2) is 4.39 Å². The lowest BCUT2D eigenvalue weighted by molar-refractivity contribution is -0.670. The quantitative estimate of drug-likeness (QED) is 0.306. The third-order valence-electron chi connectivity index (χ3n) is 5.46. The topological polar surface area (TPSA) is 86.3 Å². The van der Waals surface area contributed by atoms with Gasteiger partial charge in [-0.2, -0.15) is 4.57 Å². The highest BCUT2D eigenvalue weighted by Crippen LogP contribution is 2.47. The van der Waals surface area contributed by atoms with Crippen LogP contribution in [0.1, 0.15) is 11.9 Å². The molecule has 0 atom stereocenters. The smallest absolute Gasteiger partial charge is 0.263 e. The number of benzene rings is 2. The molecule has 2 heterocycles. The Hall–Kier alpha value is -2.63. The standard InChI is InChI=1S/C26H30FN2O5S2/c1-18(14-25-28(7-6-27)21-16-19(33-12-10-31)2-4-23(21)35-25)15-26-29(8-9-30)22-17-20(34-13-11-32)3-5-24(22)36-26/h2-5,14-17,30-32H,6-13H2,1H3/q+1/i27-1. The number of aliphatic hydroxyl groups excluding tert-OH is 3. The molecule has 0 fully saturated rings. The number of alkyl halides is 1. The normalized spacial score (nSPS) is 14.6. The Morgan fingerprint density at radius 2 is 1.75 bits per heavy atom. The van der Waals surface area contributed by atoms with Gasteiger partial charge >= 0.3 is 0 Å². The lowest BCUT2D eigenvalue weighted by atomic mass is 10.2. The zero-order valence-corrected chi connectivity index (χ0v) is 21.7. The first-order valence-corrected chi connectivity index (χ1v) is 13.3. The van der Waals surface area contributed by atoms with Crippen LogP contribution in [0.5, 0.6) is 11.5 Å². The number of hydrogen-bond donors (Lipinski definition) is 3. The fourth-order valence-electron chi connectivity index (χ4n) is 3.96. The van der Waals surface area contributed by atoms with E-state index in [4.69, 9.17) is 19.7 Å². The largest absolute Gasteiger partial charge is 0.491 e. The number of thioether (sulfide) groups is 1. The molecule has 1 aromatic heterocycles. The van der Waals surface area contributed by atoms with Crippen molar-refractivity contribution in [2.24, 2.45) is 0 Å². The molecule has 0 saturated heterocycles. The molecule has 4 rings (SSSR count). The van der Waals surface area contributed by atoms with Gasteiger partial charge in [0, 0.05) is 17.0 Å². The number of ether oxygens (including phenoxy) is 2. The maximum Gasteiger partial charge on any atom is 0.263 e. The summed E-state index contributed by atoms with van der Waals surface area (Å²) in [6.07, 6.45) is 4.10. The summed E-state index contributed by atoms with van der Waals surface area (Å²) in [7, 11) is 0. The van der Waals surface area contributed by atoms with Crippen molar-refractivity contribution in [3.63, 3.8) is 0 Å². The van der Waals surface area contributed by atoms with E-state index in [0.29, 0.717) is 18.0 Å². The van der Waals surface area contributed by atoms with Gasteiger partial charge in [0.1, 0.15) is 42.7 Å². The molecule has 1 aliphatic rings. The summed E-state index contributed by atoms with van der Waals surface area (Å²) in [5.41, 5.74) is 2.83. The summed E-state index contributed by atoms with van der Waals surface area (Å²) < 4.78 is 27.7. The van der Waals surface area contributed by atoms with Crippen molar-refractivity contribution in [2.45, 2.75) is 18.4 Å². The zero-order valence-electron chi connectivity index (χ0n) is 20.0. The lowest BCUT2D eigenvalue weighted by Gasteiger charge is -2.19. The average Bonchev–Trinajstić information content (AvgIpc) is 3.38. The predicted octanol–water partition coefficient (Wildman–Crippen LogP) is 3.75. The molecule has 2 aromatic carbocycles. The Balaban J connectivity index is 1.65. The predicted molar refractivity (Wildman–Crippen MR) is 142 cm³/mol. The van der Waals surface area contributed by atoms with E-state index in [2.05, 4.69) is 10.6 Å². The number of nitrogens with zero attached hydrogens (tertiary/aromatic N) is 2. The van der Waals surface area contributed by atoms with Crippen LogP contribution in [-0.4, -0.2) is 61.6 Å². The maximum absolute atomic E-state index is 13.5. The number of aromatic nitrogens is 1. The Labute approximate surface area is 217 Å². The number of hydrogen-bond acceptors (Lipinski definition) is 8. The summed E-state index contributed by atoms with van der Waals surface area (Å²) in [6.45, 7) is 2.47. The van der Waals surface area contributed by atoms with Crippen molar-refractivity contribution in [3.05, 3.63) is 58.1 Å². The van der Waals surface area contributed by atoms with Crippen LogP contribution in [0.4, 0.5) is 10.1 Å².